The van der Waals surface area contributed by atoms with Crippen LogP contribution in [-0.2, 0) is 23.9 Å². The molecule has 2 aromatic carbocycles. The second-order valence-electron chi connectivity index (χ2n) is 7.79. The van der Waals surface area contributed by atoms with Crippen molar-refractivity contribution in [2.45, 2.75) is 33.6 Å². The van der Waals surface area contributed by atoms with Gasteiger partial charge in [-0.1, -0.05) is 29.8 Å². The second-order valence-corrected chi connectivity index (χ2v) is 8.64. The van der Waals surface area contributed by atoms with E-state index < -0.39 is 30.4 Å². The van der Waals surface area contributed by atoms with Gasteiger partial charge in [0, 0.05) is 22.3 Å². The van der Waals surface area contributed by atoms with Gasteiger partial charge in [-0.15, -0.1) is 0 Å². The van der Waals surface area contributed by atoms with Crippen LogP contribution in [0.2, 0.25) is 0 Å². The van der Waals surface area contributed by atoms with E-state index in [9.17, 15) is 19.2 Å². The summed E-state index contributed by atoms with van der Waals surface area (Å²) in [6.45, 7) is 5.67. The lowest BCUT2D eigenvalue weighted by Gasteiger charge is -2.09. The molecule has 2 aromatic rings. The molecule has 0 aliphatic carbocycles. The second kappa shape index (κ2) is 12.7. The lowest BCUT2D eigenvalue weighted by Crippen LogP contribution is -2.21. The fourth-order valence-corrected chi connectivity index (χ4v) is 2.84. The van der Waals surface area contributed by atoms with Crippen LogP contribution in [0.4, 0.5) is 11.4 Å². The van der Waals surface area contributed by atoms with Gasteiger partial charge in [-0.05, 0) is 60.9 Å². The van der Waals surface area contributed by atoms with Gasteiger partial charge in [-0.2, -0.15) is 0 Å². The number of halogens is 1. The molecule has 0 saturated carbocycles. The van der Waals surface area contributed by atoms with E-state index in [1.807, 2.05) is 26.8 Å². The zero-order valence-corrected chi connectivity index (χ0v) is 20.4. The smallest absolute Gasteiger partial charge is 0.338 e. The van der Waals surface area contributed by atoms with Crippen LogP contribution >= 0.6 is 15.9 Å². The number of aryl methyl sites for hydroxylation is 1. The van der Waals surface area contributed by atoms with Crippen molar-refractivity contribution in [1.82, 2.24) is 0 Å². The summed E-state index contributed by atoms with van der Waals surface area (Å²) < 4.78 is 11.0. The summed E-state index contributed by atoms with van der Waals surface area (Å²) in [6, 6.07) is 11.6. The molecule has 33 heavy (non-hydrogen) atoms. The van der Waals surface area contributed by atoms with E-state index in [2.05, 4.69) is 26.6 Å². The monoisotopic (exact) mass is 518 g/mol. The van der Waals surface area contributed by atoms with Crippen LogP contribution in [0.1, 0.15) is 42.6 Å². The van der Waals surface area contributed by atoms with Crippen molar-refractivity contribution in [2.24, 2.45) is 5.92 Å². The van der Waals surface area contributed by atoms with Gasteiger partial charge >= 0.3 is 11.9 Å². The third-order valence-corrected chi connectivity index (χ3v) is 5.20. The van der Waals surface area contributed by atoms with Crippen LogP contribution in [0.5, 0.6) is 0 Å². The first kappa shape index (κ1) is 26.1. The Hall–Kier alpha value is -3.20. The Morgan fingerprint density at radius 1 is 0.879 bits per heavy atom. The summed E-state index contributed by atoms with van der Waals surface area (Å²) in [5.74, 6) is -1.71. The SMILES string of the molecule is Cc1cc(NC(=O)COC(=O)CCC(=O)Nc2ccc(C(=O)OCC(C)C)cc2)ccc1Br. The molecule has 0 spiro atoms. The van der Waals surface area contributed by atoms with Gasteiger partial charge in [-0.3, -0.25) is 14.4 Å². The highest BCUT2D eigenvalue weighted by molar-refractivity contribution is 9.10. The maximum Gasteiger partial charge on any atom is 0.338 e. The van der Waals surface area contributed by atoms with Crippen LogP contribution in [0.3, 0.4) is 0 Å². The third-order valence-electron chi connectivity index (χ3n) is 4.31. The molecule has 176 valence electrons. The topological polar surface area (TPSA) is 111 Å². The molecule has 0 aliphatic heterocycles. The number of esters is 2. The number of benzene rings is 2. The highest BCUT2D eigenvalue weighted by Crippen LogP contribution is 2.20. The van der Waals surface area contributed by atoms with Crippen molar-refractivity contribution in [1.29, 1.82) is 0 Å². The van der Waals surface area contributed by atoms with E-state index >= 15 is 0 Å². The summed E-state index contributed by atoms with van der Waals surface area (Å²) in [5.41, 5.74) is 2.42. The van der Waals surface area contributed by atoms with Gasteiger partial charge in [-0.25, -0.2) is 4.79 Å². The highest BCUT2D eigenvalue weighted by Gasteiger charge is 2.12. The number of anilines is 2. The van der Waals surface area contributed by atoms with Crippen molar-refractivity contribution < 1.29 is 28.7 Å². The minimum atomic E-state index is -0.657. The zero-order valence-electron chi connectivity index (χ0n) is 18.8. The minimum Gasteiger partial charge on any atom is -0.462 e. The number of amides is 2. The number of carbonyl (C=O) groups excluding carboxylic acids is 4. The van der Waals surface area contributed by atoms with Gasteiger partial charge in [0.25, 0.3) is 5.91 Å². The summed E-state index contributed by atoms with van der Waals surface area (Å²) in [6.07, 6.45) is -0.277. The molecule has 0 bridgehead atoms. The van der Waals surface area contributed by atoms with Crippen molar-refractivity contribution in [3.63, 3.8) is 0 Å². The molecule has 2 rings (SSSR count). The Bertz CT molecular complexity index is 1000. The van der Waals surface area contributed by atoms with Gasteiger partial charge in [0.2, 0.25) is 5.91 Å². The Morgan fingerprint density at radius 2 is 1.52 bits per heavy atom. The van der Waals surface area contributed by atoms with Crippen molar-refractivity contribution in [3.8, 4) is 0 Å². The van der Waals surface area contributed by atoms with E-state index in [4.69, 9.17) is 9.47 Å². The van der Waals surface area contributed by atoms with Crippen molar-refractivity contribution in [2.75, 3.05) is 23.8 Å². The predicted molar refractivity (Wildman–Crippen MR) is 128 cm³/mol. The number of hydrogen-bond acceptors (Lipinski definition) is 6. The minimum absolute atomic E-state index is 0.107. The molecule has 0 radical (unpaired) electrons. The number of rotatable bonds is 10. The largest absolute Gasteiger partial charge is 0.462 e. The fourth-order valence-electron chi connectivity index (χ4n) is 2.59. The number of carbonyl (C=O) groups is 4. The molecule has 0 aliphatic rings. The van der Waals surface area contributed by atoms with Crippen molar-refractivity contribution >= 4 is 51.1 Å². The normalized spacial score (nSPS) is 10.5. The molecule has 0 saturated heterocycles. The van der Waals surface area contributed by atoms with Crippen LogP contribution in [0, 0.1) is 12.8 Å². The standard InChI is InChI=1S/C24H27BrN2O6/c1-15(2)13-33-24(31)17-4-6-18(7-5-17)26-21(28)10-11-23(30)32-14-22(29)27-19-8-9-20(25)16(3)12-19/h4-9,12,15H,10-11,13-14H2,1-3H3,(H,26,28)(H,27,29). The number of ether oxygens (including phenoxy) is 2. The summed E-state index contributed by atoms with van der Waals surface area (Å²) >= 11 is 3.38. The number of nitrogens with one attached hydrogen (secondary N) is 2. The first-order chi connectivity index (χ1) is 15.6. The molecular formula is C24H27BrN2O6. The Morgan fingerprint density at radius 3 is 2.15 bits per heavy atom. The molecule has 2 N–H and O–H groups in total. The Balaban J connectivity index is 1.70. The number of hydrogen-bond donors (Lipinski definition) is 2. The molecule has 0 heterocycles. The average Bonchev–Trinajstić information content (AvgIpc) is 2.77. The van der Waals surface area contributed by atoms with Crippen molar-refractivity contribution in [3.05, 3.63) is 58.1 Å². The maximum atomic E-state index is 12.1. The van der Waals surface area contributed by atoms with Gasteiger partial charge < -0.3 is 20.1 Å². The molecule has 0 aromatic heterocycles. The van der Waals surface area contributed by atoms with E-state index in [1.165, 1.54) is 0 Å². The van der Waals surface area contributed by atoms with Crippen LogP contribution < -0.4 is 10.6 Å². The van der Waals surface area contributed by atoms with Crippen LogP contribution in [0.15, 0.2) is 46.9 Å². The molecule has 8 nitrogen and oxygen atoms in total. The van der Waals surface area contributed by atoms with E-state index in [0.29, 0.717) is 23.5 Å². The predicted octanol–water partition coefficient (Wildman–Crippen LogP) is 4.47. The summed E-state index contributed by atoms with van der Waals surface area (Å²) in [5, 5.41) is 5.28. The van der Waals surface area contributed by atoms with E-state index in [0.717, 1.165) is 10.0 Å². The molecule has 0 unspecified atom stereocenters. The molecule has 0 atom stereocenters. The molecule has 0 fully saturated rings. The molecule has 2 amide bonds. The van der Waals surface area contributed by atoms with Crippen LogP contribution in [-0.4, -0.2) is 37.0 Å². The quantitative estimate of drug-likeness (QED) is 0.448. The Kier molecular flexibility index (Phi) is 10.1. The maximum absolute atomic E-state index is 12.1. The zero-order chi connectivity index (χ0) is 24.4. The summed E-state index contributed by atoms with van der Waals surface area (Å²) in [4.78, 5) is 47.7. The average molecular weight is 519 g/mol. The highest BCUT2D eigenvalue weighted by atomic mass is 79.9. The van der Waals surface area contributed by atoms with Gasteiger partial charge in [0.05, 0.1) is 18.6 Å². The Labute approximate surface area is 201 Å². The van der Waals surface area contributed by atoms with E-state index in [-0.39, 0.29) is 18.8 Å². The van der Waals surface area contributed by atoms with Gasteiger partial charge in [0.1, 0.15) is 0 Å². The van der Waals surface area contributed by atoms with Gasteiger partial charge in [0.15, 0.2) is 6.61 Å². The third kappa shape index (κ3) is 9.44. The first-order valence-corrected chi connectivity index (χ1v) is 11.2. The lowest BCUT2D eigenvalue weighted by molar-refractivity contribution is -0.147. The summed E-state index contributed by atoms with van der Waals surface area (Å²) in [7, 11) is 0. The van der Waals surface area contributed by atoms with E-state index in [1.54, 1.807) is 36.4 Å². The lowest BCUT2D eigenvalue weighted by atomic mass is 10.2. The first-order valence-electron chi connectivity index (χ1n) is 10.4. The molecular weight excluding hydrogens is 492 g/mol. The fraction of sp³-hybridized carbons (Fsp3) is 0.333. The van der Waals surface area contributed by atoms with Crippen LogP contribution in [0.25, 0.3) is 0 Å². The molecule has 9 heteroatoms.